The molecule has 3 aromatic rings. The third-order valence-electron chi connectivity index (χ3n) is 5.85. The standard InChI is InChI=1S/C24H24N4O5/c29-22(25-13-15-5-8-19-20(10-15)33-14-32-19)12-23(30)26-16-6-7-18-17(11-16)24(31)28-9-3-1-2-4-21(28)27-18/h5-8,10-11H,1-4,9,12-14H2,(H,25,29)(H,26,30). The van der Waals surface area contributed by atoms with Crippen LogP contribution in [-0.4, -0.2) is 28.2 Å². The van der Waals surface area contributed by atoms with Gasteiger partial charge in [-0.2, -0.15) is 0 Å². The molecule has 9 nitrogen and oxygen atoms in total. The first-order chi connectivity index (χ1) is 16.1. The Bertz CT molecular complexity index is 1300. The number of aryl methyl sites for hydroxylation is 1. The number of hydrogen-bond acceptors (Lipinski definition) is 6. The SMILES string of the molecule is O=C(CC(=O)Nc1ccc2nc3n(c(=O)c2c1)CCCCC3)NCc1ccc2c(c1)OCO2. The van der Waals surface area contributed by atoms with E-state index in [1.54, 1.807) is 34.9 Å². The molecule has 2 aromatic carbocycles. The lowest BCUT2D eigenvalue weighted by atomic mass is 10.2. The smallest absolute Gasteiger partial charge is 0.261 e. The maximum atomic E-state index is 13.0. The van der Waals surface area contributed by atoms with Gasteiger partial charge in [-0.05, 0) is 48.7 Å². The average molecular weight is 448 g/mol. The minimum Gasteiger partial charge on any atom is -0.454 e. The first-order valence-corrected chi connectivity index (χ1v) is 11.1. The number of nitrogens with zero attached hydrogens (tertiary/aromatic N) is 2. The van der Waals surface area contributed by atoms with Crippen molar-refractivity contribution in [3.8, 4) is 11.5 Å². The second-order valence-corrected chi connectivity index (χ2v) is 8.22. The van der Waals surface area contributed by atoms with Crippen LogP contribution in [0.15, 0.2) is 41.2 Å². The summed E-state index contributed by atoms with van der Waals surface area (Å²) in [4.78, 5) is 42.2. The zero-order valence-electron chi connectivity index (χ0n) is 18.1. The molecule has 0 unspecified atom stereocenters. The van der Waals surface area contributed by atoms with E-state index in [1.165, 1.54) is 0 Å². The number of rotatable bonds is 5. The van der Waals surface area contributed by atoms with E-state index in [9.17, 15) is 14.4 Å². The van der Waals surface area contributed by atoms with Gasteiger partial charge in [-0.25, -0.2) is 4.98 Å². The van der Waals surface area contributed by atoms with Crippen molar-refractivity contribution in [1.82, 2.24) is 14.9 Å². The maximum absolute atomic E-state index is 13.0. The second kappa shape index (κ2) is 8.93. The van der Waals surface area contributed by atoms with Gasteiger partial charge in [0, 0.05) is 25.2 Å². The molecular weight excluding hydrogens is 424 g/mol. The summed E-state index contributed by atoms with van der Waals surface area (Å²) in [5, 5.41) is 5.89. The van der Waals surface area contributed by atoms with Crippen molar-refractivity contribution in [3.05, 3.63) is 58.1 Å². The molecule has 2 N–H and O–H groups in total. The van der Waals surface area contributed by atoms with Gasteiger partial charge in [0.25, 0.3) is 5.56 Å². The number of ether oxygens (including phenoxy) is 2. The summed E-state index contributed by atoms with van der Waals surface area (Å²) >= 11 is 0. The highest BCUT2D eigenvalue weighted by molar-refractivity contribution is 6.04. The highest BCUT2D eigenvalue weighted by Gasteiger charge is 2.16. The number of anilines is 1. The van der Waals surface area contributed by atoms with Gasteiger partial charge in [-0.1, -0.05) is 12.5 Å². The normalized spacial score (nSPS) is 14.4. The molecule has 9 heteroatoms. The van der Waals surface area contributed by atoms with E-state index in [4.69, 9.17) is 9.47 Å². The third-order valence-corrected chi connectivity index (χ3v) is 5.85. The van der Waals surface area contributed by atoms with Crippen molar-refractivity contribution in [3.63, 3.8) is 0 Å². The number of carbonyl (C=O) groups excluding carboxylic acids is 2. The Hall–Kier alpha value is -3.88. The fourth-order valence-electron chi connectivity index (χ4n) is 4.16. The van der Waals surface area contributed by atoms with Gasteiger partial charge in [0.05, 0.1) is 10.9 Å². The van der Waals surface area contributed by atoms with E-state index in [-0.39, 0.29) is 25.3 Å². The quantitative estimate of drug-likeness (QED) is 0.580. The highest BCUT2D eigenvalue weighted by atomic mass is 16.7. The topological polar surface area (TPSA) is 112 Å². The monoisotopic (exact) mass is 448 g/mol. The third kappa shape index (κ3) is 4.52. The highest BCUT2D eigenvalue weighted by Crippen LogP contribution is 2.32. The summed E-state index contributed by atoms with van der Waals surface area (Å²) in [5.41, 5.74) is 1.83. The summed E-state index contributed by atoms with van der Waals surface area (Å²) in [6.07, 6.45) is 3.53. The molecule has 3 heterocycles. The Morgan fingerprint density at radius 2 is 1.88 bits per heavy atom. The van der Waals surface area contributed by atoms with Gasteiger partial charge < -0.3 is 20.1 Å². The molecular formula is C24H24N4O5. The largest absolute Gasteiger partial charge is 0.454 e. The lowest BCUT2D eigenvalue weighted by Gasteiger charge is -2.11. The van der Waals surface area contributed by atoms with E-state index < -0.39 is 11.8 Å². The van der Waals surface area contributed by atoms with Crippen LogP contribution in [0.4, 0.5) is 5.69 Å². The molecule has 0 saturated carbocycles. The molecule has 0 fully saturated rings. The van der Waals surface area contributed by atoms with Crippen LogP contribution in [0.1, 0.15) is 37.1 Å². The van der Waals surface area contributed by atoms with E-state index >= 15 is 0 Å². The van der Waals surface area contributed by atoms with Crippen molar-refractivity contribution in [2.24, 2.45) is 0 Å². The molecule has 0 spiro atoms. The molecule has 33 heavy (non-hydrogen) atoms. The van der Waals surface area contributed by atoms with Crippen LogP contribution >= 0.6 is 0 Å². The fourth-order valence-corrected chi connectivity index (χ4v) is 4.16. The van der Waals surface area contributed by atoms with Crippen LogP contribution in [-0.2, 0) is 29.1 Å². The first kappa shape index (κ1) is 21.0. The van der Waals surface area contributed by atoms with Crippen molar-refractivity contribution >= 4 is 28.4 Å². The summed E-state index contributed by atoms with van der Waals surface area (Å²) in [6.45, 7) is 1.12. The van der Waals surface area contributed by atoms with Crippen molar-refractivity contribution < 1.29 is 19.1 Å². The number of hydrogen-bond donors (Lipinski definition) is 2. The first-order valence-electron chi connectivity index (χ1n) is 11.1. The predicted octanol–water partition coefficient (Wildman–Crippen LogP) is 2.50. The number of amides is 2. The molecule has 0 atom stereocenters. The second-order valence-electron chi connectivity index (χ2n) is 8.22. The van der Waals surface area contributed by atoms with E-state index in [1.807, 2.05) is 6.07 Å². The van der Waals surface area contributed by atoms with Gasteiger partial charge in [-0.3, -0.25) is 19.0 Å². The van der Waals surface area contributed by atoms with Crippen molar-refractivity contribution in [2.75, 3.05) is 12.1 Å². The molecule has 170 valence electrons. The van der Waals surface area contributed by atoms with Crippen LogP contribution in [0.2, 0.25) is 0 Å². The van der Waals surface area contributed by atoms with Crippen molar-refractivity contribution in [2.45, 2.75) is 45.2 Å². The van der Waals surface area contributed by atoms with Crippen molar-refractivity contribution in [1.29, 1.82) is 0 Å². The minimum atomic E-state index is -0.458. The summed E-state index contributed by atoms with van der Waals surface area (Å²) in [7, 11) is 0. The molecule has 2 aliphatic heterocycles. The van der Waals surface area contributed by atoms with Crippen LogP contribution in [0.3, 0.4) is 0 Å². The Balaban J connectivity index is 1.22. The van der Waals surface area contributed by atoms with Gasteiger partial charge >= 0.3 is 0 Å². The molecule has 2 aliphatic rings. The molecule has 2 amide bonds. The summed E-state index contributed by atoms with van der Waals surface area (Å²) in [6, 6.07) is 10.5. The molecule has 0 aliphatic carbocycles. The Morgan fingerprint density at radius 1 is 1.00 bits per heavy atom. The number of carbonyl (C=O) groups is 2. The van der Waals surface area contributed by atoms with Gasteiger partial charge in [0.2, 0.25) is 18.6 Å². The zero-order chi connectivity index (χ0) is 22.8. The van der Waals surface area contributed by atoms with Crippen LogP contribution in [0, 0.1) is 0 Å². The maximum Gasteiger partial charge on any atom is 0.261 e. The van der Waals surface area contributed by atoms with Crippen LogP contribution in [0.25, 0.3) is 10.9 Å². The lowest BCUT2D eigenvalue weighted by molar-refractivity contribution is -0.126. The fraction of sp³-hybridized carbons (Fsp3) is 0.333. The lowest BCUT2D eigenvalue weighted by Crippen LogP contribution is -2.28. The number of fused-ring (bicyclic) bond motifs is 3. The van der Waals surface area contributed by atoms with E-state index in [0.717, 1.165) is 37.1 Å². The molecule has 0 radical (unpaired) electrons. The van der Waals surface area contributed by atoms with Gasteiger partial charge in [0.1, 0.15) is 12.2 Å². The summed E-state index contributed by atoms with van der Waals surface area (Å²) < 4.78 is 12.3. The van der Waals surface area contributed by atoms with E-state index in [0.29, 0.717) is 34.6 Å². The van der Waals surface area contributed by atoms with Gasteiger partial charge in [0.15, 0.2) is 11.5 Å². The number of aromatic nitrogens is 2. The Morgan fingerprint density at radius 3 is 2.79 bits per heavy atom. The predicted molar refractivity (Wildman–Crippen MR) is 121 cm³/mol. The van der Waals surface area contributed by atoms with Crippen LogP contribution in [0.5, 0.6) is 11.5 Å². The molecule has 5 rings (SSSR count). The molecule has 0 bridgehead atoms. The number of benzene rings is 2. The Kier molecular flexibility index (Phi) is 5.68. The zero-order valence-corrected chi connectivity index (χ0v) is 18.1. The molecule has 0 saturated heterocycles. The van der Waals surface area contributed by atoms with E-state index in [2.05, 4.69) is 15.6 Å². The van der Waals surface area contributed by atoms with Gasteiger partial charge in [-0.15, -0.1) is 0 Å². The van der Waals surface area contributed by atoms with Crippen LogP contribution < -0.4 is 25.7 Å². The minimum absolute atomic E-state index is 0.0885. The average Bonchev–Trinajstić information content (AvgIpc) is 3.14. The summed E-state index contributed by atoms with van der Waals surface area (Å²) in [5.74, 6) is 1.27. The number of nitrogens with one attached hydrogen (secondary N) is 2. The molecule has 1 aromatic heterocycles. The Labute approximate surface area is 189 Å².